The van der Waals surface area contributed by atoms with Crippen molar-refractivity contribution in [1.82, 2.24) is 0 Å². The number of allylic oxidation sites excluding steroid dienone is 1. The van der Waals surface area contributed by atoms with Crippen LogP contribution in [-0.4, -0.2) is 0 Å². The van der Waals surface area contributed by atoms with Gasteiger partial charge in [0.25, 0.3) is 0 Å². The molecule has 0 nitrogen and oxygen atoms in total. The molecule has 10 heavy (non-hydrogen) atoms. The van der Waals surface area contributed by atoms with Gasteiger partial charge in [0.05, 0.1) is 0 Å². The Balaban J connectivity index is 2.59. The van der Waals surface area contributed by atoms with Gasteiger partial charge in [-0.05, 0) is 0 Å². The monoisotopic (exact) mass is 205 g/mol. The molecule has 1 aliphatic rings. The van der Waals surface area contributed by atoms with Crippen LogP contribution in [0.2, 0.25) is 0 Å². The molecule has 0 aromatic heterocycles. The minimum absolute atomic E-state index is 0.711. The van der Waals surface area contributed by atoms with Crippen molar-refractivity contribution in [2.45, 2.75) is 3.63 Å². The molecule has 1 aromatic rings. The zero-order chi connectivity index (χ0) is 6.97. The molecule has 2 rings (SSSR count). The third kappa shape index (κ3) is 0.933. The van der Waals surface area contributed by atoms with E-state index >= 15 is 0 Å². The molecule has 1 atom stereocenters. The first-order valence-electron chi connectivity index (χ1n) is 3.36. The molecule has 0 saturated carbocycles. The molecule has 0 radical (unpaired) electrons. The van der Waals surface area contributed by atoms with Crippen molar-refractivity contribution in [2.75, 3.05) is 0 Å². The van der Waals surface area contributed by atoms with E-state index in [2.05, 4.69) is 36.4 Å². The molecule has 0 saturated heterocycles. The third-order valence-electron chi connectivity index (χ3n) is 1.80. The maximum atomic E-state index is 2.28. The Bertz CT molecular complexity index is 276. The van der Waals surface area contributed by atoms with Crippen molar-refractivity contribution >= 4 is 6.08 Å². The molecule has 1 heteroatoms. The predicted octanol–water partition coefficient (Wildman–Crippen LogP) is 2.30. The van der Waals surface area contributed by atoms with E-state index < -0.39 is 0 Å². The summed E-state index contributed by atoms with van der Waals surface area (Å²) in [6.45, 7) is 0. The number of benzene rings is 1. The second-order valence-corrected chi connectivity index (χ2v) is 3.99. The number of rotatable bonds is 0. The molecule has 0 spiro atoms. The predicted molar refractivity (Wildman–Crippen MR) is 38.2 cm³/mol. The Morgan fingerprint density at radius 2 is 2.00 bits per heavy atom. The third-order valence-corrected chi connectivity index (χ3v) is 3.04. The summed E-state index contributed by atoms with van der Waals surface area (Å²) in [4.78, 5) is 0. The molecular weight excluding hydrogens is 199 g/mol. The van der Waals surface area contributed by atoms with Crippen LogP contribution in [0.3, 0.4) is 0 Å². The quantitative estimate of drug-likeness (QED) is 0.611. The molecule has 44 valence electrons. The summed E-state index contributed by atoms with van der Waals surface area (Å²) in [5.41, 5.74) is 2.91. The van der Waals surface area contributed by atoms with Gasteiger partial charge in [-0.3, -0.25) is 0 Å². The fourth-order valence-corrected chi connectivity index (χ4v) is 2.13. The maximum absolute atomic E-state index is 2.28. The van der Waals surface area contributed by atoms with Gasteiger partial charge < -0.3 is 0 Å². The van der Waals surface area contributed by atoms with Crippen LogP contribution in [0.15, 0.2) is 30.3 Å². The van der Waals surface area contributed by atoms with Crippen molar-refractivity contribution in [2.24, 2.45) is 0 Å². The molecule has 1 aliphatic carbocycles. The van der Waals surface area contributed by atoms with Gasteiger partial charge in [-0.15, -0.1) is 0 Å². The van der Waals surface area contributed by atoms with E-state index in [4.69, 9.17) is 0 Å². The van der Waals surface area contributed by atoms with E-state index in [1.807, 2.05) is 0 Å². The molecular formula is C9H7Zr+3. The van der Waals surface area contributed by atoms with E-state index in [1.165, 1.54) is 11.1 Å². The van der Waals surface area contributed by atoms with Crippen molar-refractivity contribution in [3.63, 3.8) is 0 Å². The summed E-state index contributed by atoms with van der Waals surface area (Å²) in [6, 6.07) is 8.60. The van der Waals surface area contributed by atoms with Gasteiger partial charge >= 0.3 is 75.9 Å². The van der Waals surface area contributed by atoms with Gasteiger partial charge in [0, 0.05) is 0 Å². The summed E-state index contributed by atoms with van der Waals surface area (Å²) in [7, 11) is 0. The average Bonchev–Trinajstić information content (AvgIpc) is 2.34. The van der Waals surface area contributed by atoms with E-state index in [9.17, 15) is 0 Å². The van der Waals surface area contributed by atoms with E-state index in [0.717, 1.165) is 0 Å². The van der Waals surface area contributed by atoms with Gasteiger partial charge in [0.1, 0.15) is 0 Å². The van der Waals surface area contributed by atoms with Crippen molar-refractivity contribution in [3.05, 3.63) is 41.5 Å². The van der Waals surface area contributed by atoms with Gasteiger partial charge in [-0.2, -0.15) is 0 Å². The Kier molecular flexibility index (Phi) is 1.62. The van der Waals surface area contributed by atoms with Crippen LogP contribution in [0.1, 0.15) is 14.8 Å². The van der Waals surface area contributed by atoms with Crippen molar-refractivity contribution < 1.29 is 24.7 Å². The fraction of sp³-hybridized carbons (Fsp3) is 0.111. The topological polar surface area (TPSA) is 0 Å². The van der Waals surface area contributed by atoms with Crippen LogP contribution in [0, 0.1) is 0 Å². The summed E-state index contributed by atoms with van der Waals surface area (Å²) in [5.74, 6) is 0. The fourth-order valence-electron chi connectivity index (χ4n) is 1.25. The Morgan fingerprint density at radius 3 is 2.80 bits per heavy atom. The molecule has 0 N–H and O–H groups in total. The first-order chi connectivity index (χ1) is 4.88. The summed E-state index contributed by atoms with van der Waals surface area (Å²) >= 11 is 1.59. The number of fused-ring (bicyclic) bond motifs is 1. The molecule has 0 fully saturated rings. The minimum atomic E-state index is 0.711. The van der Waals surface area contributed by atoms with Gasteiger partial charge in [0.15, 0.2) is 0 Å². The van der Waals surface area contributed by atoms with Crippen molar-refractivity contribution in [1.29, 1.82) is 0 Å². The molecule has 0 heterocycles. The van der Waals surface area contributed by atoms with Gasteiger partial charge in [0.2, 0.25) is 0 Å². The van der Waals surface area contributed by atoms with E-state index in [0.29, 0.717) is 3.63 Å². The number of hydrogen-bond donors (Lipinski definition) is 0. The molecule has 1 unspecified atom stereocenters. The standard InChI is InChI=1S/C9H7.Zr/c1-2-5-9-7-3-6-8(9)4-1;/h1-7H;/q;+3. The van der Waals surface area contributed by atoms with Gasteiger partial charge in [-0.25, -0.2) is 0 Å². The van der Waals surface area contributed by atoms with Crippen molar-refractivity contribution in [3.8, 4) is 0 Å². The van der Waals surface area contributed by atoms with E-state index in [1.54, 1.807) is 24.7 Å². The Labute approximate surface area is 75.8 Å². The average molecular weight is 206 g/mol. The van der Waals surface area contributed by atoms with Gasteiger partial charge in [-0.1, -0.05) is 0 Å². The van der Waals surface area contributed by atoms with Crippen LogP contribution >= 0.6 is 0 Å². The first-order valence-corrected chi connectivity index (χ1v) is 4.78. The van der Waals surface area contributed by atoms with Crippen LogP contribution in [0.5, 0.6) is 0 Å². The molecule has 1 aromatic carbocycles. The Morgan fingerprint density at radius 1 is 1.20 bits per heavy atom. The zero-order valence-electron chi connectivity index (χ0n) is 5.54. The Hall–Kier alpha value is -0.157. The normalized spacial score (nSPS) is 21.2. The van der Waals surface area contributed by atoms with Crippen LogP contribution in [-0.2, 0) is 24.7 Å². The van der Waals surface area contributed by atoms with E-state index in [-0.39, 0.29) is 0 Å². The van der Waals surface area contributed by atoms with Crippen LogP contribution in [0.4, 0.5) is 0 Å². The first kappa shape index (κ1) is 6.55. The summed E-state index contributed by atoms with van der Waals surface area (Å²) in [6.07, 6.45) is 4.50. The van der Waals surface area contributed by atoms with Crippen LogP contribution in [0.25, 0.3) is 6.08 Å². The number of hydrogen-bond acceptors (Lipinski definition) is 0. The SMILES string of the molecule is [Zr+3][CH]1C=Cc2ccccc21. The zero-order valence-corrected chi connectivity index (χ0v) is 8.00. The second kappa shape index (κ2) is 2.47. The molecule has 0 aliphatic heterocycles. The van der Waals surface area contributed by atoms with Crippen LogP contribution < -0.4 is 0 Å². The summed E-state index contributed by atoms with van der Waals surface area (Å²) < 4.78 is 0.711. The summed E-state index contributed by atoms with van der Waals surface area (Å²) in [5, 5.41) is 0. The molecule has 0 amide bonds. The second-order valence-electron chi connectivity index (χ2n) is 2.47. The molecule has 0 bridgehead atoms.